The molecule has 2 atom stereocenters. The number of carboxylic acids is 1. The van der Waals surface area contributed by atoms with E-state index in [9.17, 15) is 18.0 Å². The minimum Gasteiger partial charge on any atom is -0.481 e. The molecule has 1 aliphatic heterocycles. The summed E-state index contributed by atoms with van der Waals surface area (Å²) in [6, 6.07) is 6.40. The second kappa shape index (κ2) is 6.08. The fraction of sp³-hybridized carbons (Fsp3) is 0.467. The van der Waals surface area contributed by atoms with Crippen LogP contribution in [0.3, 0.4) is 0 Å². The maximum absolute atomic E-state index is 12.4. The zero-order chi connectivity index (χ0) is 16.5. The van der Waals surface area contributed by atoms with Crippen molar-refractivity contribution in [3.63, 3.8) is 0 Å². The van der Waals surface area contributed by atoms with Crippen LogP contribution in [0.1, 0.15) is 22.8 Å². The van der Waals surface area contributed by atoms with Gasteiger partial charge >= 0.3 is 5.97 Å². The number of carbonyl (C=O) groups excluding carboxylic acids is 1. The Hall–Kier alpha value is -1.89. The molecule has 7 heteroatoms. The first-order valence-electron chi connectivity index (χ1n) is 6.96. The van der Waals surface area contributed by atoms with Crippen LogP contribution in [0.5, 0.6) is 0 Å². The van der Waals surface area contributed by atoms with Crippen LogP contribution in [0.15, 0.2) is 24.3 Å². The summed E-state index contributed by atoms with van der Waals surface area (Å²) in [6.45, 7) is 2.45. The van der Waals surface area contributed by atoms with Gasteiger partial charge in [0.15, 0.2) is 9.84 Å². The molecule has 0 radical (unpaired) electrons. The van der Waals surface area contributed by atoms with Gasteiger partial charge in [-0.2, -0.15) is 0 Å². The summed E-state index contributed by atoms with van der Waals surface area (Å²) in [5, 5.41) is 9.10. The average Bonchev–Trinajstić information content (AvgIpc) is 2.79. The summed E-state index contributed by atoms with van der Waals surface area (Å²) in [5.74, 6) is -1.78. The van der Waals surface area contributed by atoms with Crippen LogP contribution in [0.2, 0.25) is 0 Å². The largest absolute Gasteiger partial charge is 0.481 e. The van der Waals surface area contributed by atoms with Gasteiger partial charge in [-0.15, -0.1) is 0 Å². The SMILES string of the molecule is C[C@@H]1CN(C(=O)c2ccc(CS(C)(=O)=O)cc2)C[C@H]1C(=O)O. The van der Waals surface area contributed by atoms with E-state index in [2.05, 4.69) is 0 Å². The van der Waals surface area contributed by atoms with E-state index in [0.717, 1.165) is 6.26 Å². The highest BCUT2D eigenvalue weighted by Gasteiger charge is 2.37. The molecule has 120 valence electrons. The normalized spacial score (nSPS) is 21.8. The van der Waals surface area contributed by atoms with Crippen molar-refractivity contribution in [3.8, 4) is 0 Å². The average molecular weight is 325 g/mol. The molecule has 1 N–H and O–H groups in total. The number of rotatable bonds is 4. The van der Waals surface area contributed by atoms with Gasteiger partial charge in [-0.25, -0.2) is 8.42 Å². The number of carboxylic acid groups (broad SMARTS) is 1. The van der Waals surface area contributed by atoms with E-state index in [4.69, 9.17) is 5.11 Å². The monoisotopic (exact) mass is 325 g/mol. The van der Waals surface area contributed by atoms with Crippen molar-refractivity contribution >= 4 is 21.7 Å². The number of sulfone groups is 1. The van der Waals surface area contributed by atoms with Crippen LogP contribution in [-0.4, -0.2) is 49.6 Å². The number of nitrogens with zero attached hydrogens (tertiary/aromatic N) is 1. The maximum Gasteiger partial charge on any atom is 0.308 e. The molecule has 1 heterocycles. The zero-order valence-corrected chi connectivity index (χ0v) is 13.3. The van der Waals surface area contributed by atoms with Gasteiger partial charge in [-0.3, -0.25) is 9.59 Å². The van der Waals surface area contributed by atoms with Gasteiger partial charge in [-0.1, -0.05) is 19.1 Å². The fourth-order valence-corrected chi connectivity index (χ4v) is 3.48. The third kappa shape index (κ3) is 3.85. The number of carbonyl (C=O) groups is 2. The highest BCUT2D eigenvalue weighted by Crippen LogP contribution is 2.24. The highest BCUT2D eigenvalue weighted by atomic mass is 32.2. The maximum atomic E-state index is 12.4. The van der Waals surface area contributed by atoms with Crippen molar-refractivity contribution in [2.75, 3.05) is 19.3 Å². The summed E-state index contributed by atoms with van der Waals surface area (Å²) >= 11 is 0. The molecular weight excluding hydrogens is 306 g/mol. The van der Waals surface area contributed by atoms with Crippen LogP contribution in [0.4, 0.5) is 0 Å². The van der Waals surface area contributed by atoms with Gasteiger partial charge in [0.1, 0.15) is 0 Å². The number of hydrogen-bond acceptors (Lipinski definition) is 4. The lowest BCUT2D eigenvalue weighted by molar-refractivity contribution is -0.142. The van der Waals surface area contributed by atoms with Gasteiger partial charge in [0.05, 0.1) is 11.7 Å². The molecule has 0 spiro atoms. The lowest BCUT2D eigenvalue weighted by atomic mass is 9.99. The molecule has 1 aliphatic rings. The molecule has 1 amide bonds. The van der Waals surface area contributed by atoms with Crippen molar-refractivity contribution in [3.05, 3.63) is 35.4 Å². The van der Waals surface area contributed by atoms with Crippen molar-refractivity contribution in [1.29, 1.82) is 0 Å². The summed E-state index contributed by atoms with van der Waals surface area (Å²) in [7, 11) is -3.11. The van der Waals surface area contributed by atoms with Gasteiger partial charge in [-0.05, 0) is 23.6 Å². The van der Waals surface area contributed by atoms with Crippen molar-refractivity contribution in [2.24, 2.45) is 11.8 Å². The number of hydrogen-bond donors (Lipinski definition) is 1. The summed E-state index contributed by atoms with van der Waals surface area (Å²) in [4.78, 5) is 25.0. The van der Waals surface area contributed by atoms with E-state index in [0.29, 0.717) is 17.7 Å². The minimum atomic E-state index is -3.11. The molecule has 0 unspecified atom stereocenters. The smallest absolute Gasteiger partial charge is 0.308 e. The fourth-order valence-electron chi connectivity index (χ4n) is 2.68. The van der Waals surface area contributed by atoms with Crippen LogP contribution in [0.25, 0.3) is 0 Å². The Balaban J connectivity index is 2.09. The number of amides is 1. The summed E-state index contributed by atoms with van der Waals surface area (Å²) < 4.78 is 22.5. The van der Waals surface area contributed by atoms with E-state index < -0.39 is 21.7 Å². The third-order valence-corrected chi connectivity index (χ3v) is 4.70. The molecule has 6 nitrogen and oxygen atoms in total. The Kier molecular flexibility index (Phi) is 4.55. The standard InChI is InChI=1S/C15H19NO5S/c1-10-7-16(8-13(10)15(18)19)14(17)12-5-3-11(4-6-12)9-22(2,20)21/h3-6,10,13H,7-9H2,1-2H3,(H,18,19)/t10-,13-/m1/s1. The Morgan fingerprint density at radius 2 is 1.82 bits per heavy atom. The second-order valence-corrected chi connectivity index (χ2v) is 8.04. The van der Waals surface area contributed by atoms with E-state index in [1.807, 2.05) is 6.92 Å². The van der Waals surface area contributed by atoms with Gasteiger partial charge < -0.3 is 10.0 Å². The number of benzene rings is 1. The van der Waals surface area contributed by atoms with Gasteiger partial charge in [0, 0.05) is 24.9 Å². The lowest BCUT2D eigenvalue weighted by Crippen LogP contribution is -2.29. The predicted octanol–water partition coefficient (Wildman–Crippen LogP) is 1.02. The zero-order valence-electron chi connectivity index (χ0n) is 12.5. The molecule has 0 aromatic heterocycles. The van der Waals surface area contributed by atoms with E-state index in [1.165, 1.54) is 4.90 Å². The molecule has 0 bridgehead atoms. The van der Waals surface area contributed by atoms with E-state index >= 15 is 0 Å². The molecule has 0 aliphatic carbocycles. The molecule has 1 fully saturated rings. The van der Waals surface area contributed by atoms with Gasteiger partial charge in [0.2, 0.25) is 0 Å². The van der Waals surface area contributed by atoms with Crippen molar-refractivity contribution < 1.29 is 23.1 Å². The Bertz CT molecular complexity index is 680. The topological polar surface area (TPSA) is 91.8 Å². The summed E-state index contributed by atoms with van der Waals surface area (Å²) in [6.07, 6.45) is 1.16. The molecule has 2 rings (SSSR count). The van der Waals surface area contributed by atoms with Crippen molar-refractivity contribution in [2.45, 2.75) is 12.7 Å². The Morgan fingerprint density at radius 3 is 2.27 bits per heavy atom. The third-order valence-electron chi connectivity index (χ3n) is 3.85. The second-order valence-electron chi connectivity index (χ2n) is 5.90. The van der Waals surface area contributed by atoms with Crippen LogP contribution < -0.4 is 0 Å². The first-order valence-corrected chi connectivity index (χ1v) is 9.02. The Labute approximate surface area is 129 Å². The quantitative estimate of drug-likeness (QED) is 0.892. The molecule has 1 aromatic rings. The van der Waals surface area contributed by atoms with Gasteiger partial charge in [0.25, 0.3) is 5.91 Å². The highest BCUT2D eigenvalue weighted by molar-refractivity contribution is 7.89. The first kappa shape index (κ1) is 16.5. The molecular formula is C15H19NO5S. The van der Waals surface area contributed by atoms with Crippen LogP contribution >= 0.6 is 0 Å². The number of likely N-dealkylation sites (tertiary alicyclic amines) is 1. The van der Waals surface area contributed by atoms with E-state index in [1.54, 1.807) is 24.3 Å². The van der Waals surface area contributed by atoms with Crippen LogP contribution in [0, 0.1) is 11.8 Å². The first-order chi connectivity index (χ1) is 10.2. The molecule has 1 aromatic carbocycles. The minimum absolute atomic E-state index is 0.0662. The number of aliphatic carboxylic acids is 1. The van der Waals surface area contributed by atoms with Crippen molar-refractivity contribution in [1.82, 2.24) is 4.90 Å². The molecule has 1 saturated heterocycles. The molecule has 22 heavy (non-hydrogen) atoms. The Morgan fingerprint density at radius 1 is 1.23 bits per heavy atom. The predicted molar refractivity (Wildman–Crippen MR) is 81.2 cm³/mol. The van der Waals surface area contributed by atoms with E-state index in [-0.39, 0.29) is 24.1 Å². The van der Waals surface area contributed by atoms with Crippen LogP contribution in [-0.2, 0) is 20.4 Å². The molecule has 0 saturated carbocycles. The lowest BCUT2D eigenvalue weighted by Gasteiger charge is -2.16. The summed E-state index contributed by atoms with van der Waals surface area (Å²) in [5.41, 5.74) is 1.06.